The van der Waals surface area contributed by atoms with Crippen LogP contribution in [0.3, 0.4) is 0 Å². The van der Waals surface area contributed by atoms with Crippen LogP contribution in [-0.2, 0) is 0 Å². The van der Waals surface area contributed by atoms with Gasteiger partial charge in [0, 0.05) is 0 Å². The standard InChI is InChI=1S/C14H15N3O2/c1-9-11(15)7-8-13(16-9)17-14(18)10-5-3-4-6-12(10)19-2/h3-8H,15H2,1-2H3,(H,16,17,18). The van der Waals surface area contributed by atoms with E-state index in [1.807, 2.05) is 0 Å². The van der Waals surface area contributed by atoms with Gasteiger partial charge in [-0.3, -0.25) is 4.79 Å². The van der Waals surface area contributed by atoms with Crippen molar-refractivity contribution in [3.05, 3.63) is 47.7 Å². The van der Waals surface area contributed by atoms with Crippen LogP contribution in [0, 0.1) is 6.92 Å². The molecule has 98 valence electrons. The van der Waals surface area contributed by atoms with E-state index in [2.05, 4.69) is 10.3 Å². The van der Waals surface area contributed by atoms with Gasteiger partial charge in [-0.15, -0.1) is 0 Å². The van der Waals surface area contributed by atoms with E-state index in [1.165, 1.54) is 7.11 Å². The summed E-state index contributed by atoms with van der Waals surface area (Å²) in [5.74, 6) is 0.712. The SMILES string of the molecule is COc1ccccc1C(=O)Nc1ccc(N)c(C)n1. The summed E-state index contributed by atoms with van der Waals surface area (Å²) in [6, 6.07) is 10.4. The van der Waals surface area contributed by atoms with Crippen molar-refractivity contribution in [2.75, 3.05) is 18.2 Å². The summed E-state index contributed by atoms with van der Waals surface area (Å²) in [5, 5.41) is 2.72. The molecule has 1 aromatic heterocycles. The predicted molar refractivity (Wildman–Crippen MR) is 74.3 cm³/mol. The van der Waals surface area contributed by atoms with Gasteiger partial charge in [0.05, 0.1) is 24.1 Å². The second-order valence-corrected chi connectivity index (χ2v) is 4.03. The number of pyridine rings is 1. The molecule has 0 saturated carbocycles. The van der Waals surface area contributed by atoms with E-state index in [0.29, 0.717) is 28.5 Å². The zero-order valence-corrected chi connectivity index (χ0v) is 10.8. The summed E-state index contributed by atoms with van der Waals surface area (Å²) in [5.41, 5.74) is 7.41. The average molecular weight is 257 g/mol. The quantitative estimate of drug-likeness (QED) is 0.884. The molecule has 2 rings (SSSR count). The third kappa shape index (κ3) is 2.82. The van der Waals surface area contributed by atoms with E-state index >= 15 is 0 Å². The molecule has 5 heteroatoms. The molecule has 0 aliphatic heterocycles. The zero-order chi connectivity index (χ0) is 13.8. The summed E-state index contributed by atoms with van der Waals surface area (Å²) in [6.07, 6.45) is 0. The molecule has 3 N–H and O–H groups in total. The second-order valence-electron chi connectivity index (χ2n) is 4.03. The van der Waals surface area contributed by atoms with Crippen LogP contribution in [-0.4, -0.2) is 18.0 Å². The van der Waals surface area contributed by atoms with Gasteiger partial charge in [0.15, 0.2) is 0 Å². The largest absolute Gasteiger partial charge is 0.496 e. The maximum Gasteiger partial charge on any atom is 0.260 e. The normalized spacial score (nSPS) is 10.0. The molecular formula is C14H15N3O2. The third-order valence-corrected chi connectivity index (χ3v) is 2.72. The lowest BCUT2D eigenvalue weighted by atomic mass is 10.2. The first-order chi connectivity index (χ1) is 9.11. The lowest BCUT2D eigenvalue weighted by molar-refractivity contribution is 0.102. The Morgan fingerprint density at radius 2 is 2.00 bits per heavy atom. The van der Waals surface area contributed by atoms with Gasteiger partial charge in [-0.25, -0.2) is 4.98 Å². The molecule has 1 aromatic carbocycles. The van der Waals surface area contributed by atoms with Crippen molar-refractivity contribution >= 4 is 17.4 Å². The van der Waals surface area contributed by atoms with Crippen LogP contribution < -0.4 is 15.8 Å². The summed E-state index contributed by atoms with van der Waals surface area (Å²) < 4.78 is 5.15. The first-order valence-electron chi connectivity index (χ1n) is 5.79. The Labute approximate surface area is 111 Å². The number of benzene rings is 1. The number of nitrogen functional groups attached to an aromatic ring is 1. The minimum Gasteiger partial charge on any atom is -0.496 e. The van der Waals surface area contributed by atoms with Gasteiger partial charge in [0.1, 0.15) is 11.6 Å². The first-order valence-corrected chi connectivity index (χ1v) is 5.79. The minimum absolute atomic E-state index is 0.269. The van der Waals surface area contributed by atoms with Gasteiger partial charge in [0.2, 0.25) is 0 Å². The Hall–Kier alpha value is -2.56. The van der Waals surface area contributed by atoms with Crippen molar-refractivity contribution in [3.63, 3.8) is 0 Å². The molecule has 19 heavy (non-hydrogen) atoms. The number of amides is 1. The summed E-state index contributed by atoms with van der Waals surface area (Å²) in [4.78, 5) is 16.3. The van der Waals surface area contributed by atoms with Crippen LogP contribution in [0.25, 0.3) is 0 Å². The molecule has 0 unspecified atom stereocenters. The molecule has 0 saturated heterocycles. The molecule has 1 heterocycles. The highest BCUT2D eigenvalue weighted by Gasteiger charge is 2.12. The summed E-state index contributed by atoms with van der Waals surface area (Å²) >= 11 is 0. The minimum atomic E-state index is -0.269. The average Bonchev–Trinajstić information content (AvgIpc) is 2.43. The van der Waals surface area contributed by atoms with E-state index in [1.54, 1.807) is 43.3 Å². The van der Waals surface area contributed by atoms with E-state index in [9.17, 15) is 4.79 Å². The van der Waals surface area contributed by atoms with Crippen molar-refractivity contribution in [3.8, 4) is 5.75 Å². The Bertz CT molecular complexity index is 611. The van der Waals surface area contributed by atoms with E-state index in [-0.39, 0.29) is 5.91 Å². The van der Waals surface area contributed by atoms with Gasteiger partial charge in [0.25, 0.3) is 5.91 Å². The molecule has 0 spiro atoms. The van der Waals surface area contributed by atoms with Gasteiger partial charge >= 0.3 is 0 Å². The second kappa shape index (κ2) is 5.39. The molecule has 0 aliphatic carbocycles. The number of rotatable bonds is 3. The molecule has 0 radical (unpaired) electrons. The maximum atomic E-state index is 12.1. The number of ether oxygens (including phenoxy) is 1. The van der Waals surface area contributed by atoms with Crippen LogP contribution in [0.1, 0.15) is 16.1 Å². The van der Waals surface area contributed by atoms with Crippen molar-refractivity contribution < 1.29 is 9.53 Å². The maximum absolute atomic E-state index is 12.1. The lowest BCUT2D eigenvalue weighted by Crippen LogP contribution is -2.14. The van der Waals surface area contributed by atoms with Crippen molar-refractivity contribution in [1.82, 2.24) is 4.98 Å². The summed E-state index contributed by atoms with van der Waals surface area (Å²) in [7, 11) is 1.53. The highest BCUT2D eigenvalue weighted by Crippen LogP contribution is 2.19. The van der Waals surface area contributed by atoms with Crippen LogP contribution in [0.2, 0.25) is 0 Å². The Kier molecular flexibility index (Phi) is 3.66. The van der Waals surface area contributed by atoms with Crippen molar-refractivity contribution in [1.29, 1.82) is 0 Å². The van der Waals surface area contributed by atoms with Crippen LogP contribution in [0.5, 0.6) is 5.75 Å². The van der Waals surface area contributed by atoms with Gasteiger partial charge in [-0.1, -0.05) is 12.1 Å². The van der Waals surface area contributed by atoms with Gasteiger partial charge in [-0.05, 0) is 31.2 Å². The summed E-state index contributed by atoms with van der Waals surface area (Å²) in [6.45, 7) is 1.79. The number of hydrogen-bond acceptors (Lipinski definition) is 4. The van der Waals surface area contributed by atoms with E-state index < -0.39 is 0 Å². The fraction of sp³-hybridized carbons (Fsp3) is 0.143. The molecule has 0 fully saturated rings. The monoisotopic (exact) mass is 257 g/mol. The number of anilines is 2. The number of nitrogens with zero attached hydrogens (tertiary/aromatic N) is 1. The number of nitrogens with one attached hydrogen (secondary N) is 1. The molecule has 0 atom stereocenters. The smallest absolute Gasteiger partial charge is 0.260 e. The number of aryl methyl sites for hydroxylation is 1. The van der Waals surface area contributed by atoms with Crippen LogP contribution in [0.15, 0.2) is 36.4 Å². The Morgan fingerprint density at radius 1 is 1.26 bits per heavy atom. The van der Waals surface area contributed by atoms with Crippen LogP contribution in [0.4, 0.5) is 11.5 Å². The molecule has 5 nitrogen and oxygen atoms in total. The highest BCUT2D eigenvalue weighted by atomic mass is 16.5. The Balaban J connectivity index is 2.23. The van der Waals surface area contributed by atoms with Crippen LogP contribution >= 0.6 is 0 Å². The van der Waals surface area contributed by atoms with Crippen molar-refractivity contribution in [2.24, 2.45) is 0 Å². The fourth-order valence-electron chi connectivity index (χ4n) is 1.66. The highest BCUT2D eigenvalue weighted by molar-refractivity contribution is 6.05. The number of para-hydroxylation sites is 1. The van der Waals surface area contributed by atoms with Crippen molar-refractivity contribution in [2.45, 2.75) is 6.92 Å². The number of carbonyl (C=O) groups is 1. The molecule has 0 bridgehead atoms. The van der Waals surface area contributed by atoms with Gasteiger partial charge in [-0.2, -0.15) is 0 Å². The lowest BCUT2D eigenvalue weighted by Gasteiger charge is -2.09. The number of aromatic nitrogens is 1. The first kappa shape index (κ1) is 12.9. The Morgan fingerprint density at radius 3 is 2.68 bits per heavy atom. The topological polar surface area (TPSA) is 77.2 Å². The number of hydrogen-bond donors (Lipinski definition) is 2. The molecule has 1 amide bonds. The number of methoxy groups -OCH3 is 1. The van der Waals surface area contributed by atoms with E-state index in [4.69, 9.17) is 10.5 Å². The fourth-order valence-corrected chi connectivity index (χ4v) is 1.66. The molecule has 2 aromatic rings. The third-order valence-electron chi connectivity index (χ3n) is 2.72. The van der Waals surface area contributed by atoms with Gasteiger partial charge < -0.3 is 15.8 Å². The number of carbonyl (C=O) groups excluding carboxylic acids is 1. The van der Waals surface area contributed by atoms with E-state index in [0.717, 1.165) is 0 Å². The zero-order valence-electron chi connectivity index (χ0n) is 10.8. The molecule has 0 aliphatic rings. The predicted octanol–water partition coefficient (Wildman–Crippen LogP) is 2.23. The molecular weight excluding hydrogens is 242 g/mol. The number of nitrogens with two attached hydrogens (primary N) is 1.